The predicted octanol–water partition coefficient (Wildman–Crippen LogP) is 17.5. The Morgan fingerprint density at radius 1 is 0.187 bits per heavy atom. The first-order valence-corrected chi connectivity index (χ1v) is 25.4. The van der Waals surface area contributed by atoms with Gasteiger partial charge in [0.05, 0.1) is 33.1 Å². The Hall–Kier alpha value is -10.2. The lowest BCUT2D eigenvalue weighted by molar-refractivity contribution is 1.07. The highest BCUT2D eigenvalue weighted by Gasteiger charge is 2.19. The minimum Gasteiger partial charge on any atom is -0.309 e. The molecule has 0 aliphatic carbocycles. The molecule has 0 atom stereocenters. The Kier molecular flexibility index (Phi) is 9.78. The summed E-state index contributed by atoms with van der Waals surface area (Å²) in [6, 6.07) is 95.4. The molecule has 0 aliphatic rings. The molecule has 4 aromatic heterocycles. The lowest BCUT2D eigenvalue weighted by atomic mass is 10.0. The molecule has 0 aliphatic heterocycles. The summed E-state index contributed by atoms with van der Waals surface area (Å²) in [7, 11) is 0. The molecule has 0 amide bonds. The Labute approximate surface area is 432 Å². The quantitative estimate of drug-likeness (QED) is 0.152. The highest BCUT2D eigenvalue weighted by molar-refractivity contribution is 6.14. The number of nitrogens with zero attached hydrogens (tertiary/aromatic N) is 6. The van der Waals surface area contributed by atoms with Crippen LogP contribution in [0, 0.1) is 0 Å². The molecule has 0 bridgehead atoms. The van der Waals surface area contributed by atoms with Crippen molar-refractivity contribution in [2.45, 2.75) is 0 Å². The summed E-state index contributed by atoms with van der Waals surface area (Å²) in [4.78, 5) is 14.8. The fourth-order valence-corrected chi connectivity index (χ4v) is 11.4. The van der Waals surface area contributed by atoms with Gasteiger partial charge in [-0.2, -0.15) is 0 Å². The summed E-state index contributed by atoms with van der Waals surface area (Å²) >= 11 is 0. The summed E-state index contributed by atoms with van der Waals surface area (Å²) in [5, 5.41) is 7.38. The van der Waals surface area contributed by atoms with E-state index in [1.165, 1.54) is 76.5 Å². The molecule has 15 rings (SSSR count). The largest absolute Gasteiger partial charge is 0.309 e. The average Bonchev–Trinajstić information content (AvgIpc) is 4.17. The van der Waals surface area contributed by atoms with Crippen LogP contribution in [0.4, 0.5) is 0 Å². The molecule has 6 heteroatoms. The fraction of sp³-hybridized carbons (Fsp3) is 0. The monoisotopic (exact) mass is 956 g/mol. The van der Waals surface area contributed by atoms with Crippen molar-refractivity contribution in [2.24, 2.45) is 0 Å². The van der Waals surface area contributed by atoms with E-state index in [4.69, 9.17) is 15.0 Å². The van der Waals surface area contributed by atoms with E-state index in [0.717, 1.165) is 44.9 Å². The maximum absolute atomic E-state index is 4.94. The third-order valence-electron chi connectivity index (χ3n) is 14.9. The Bertz CT molecular complexity index is 4610. The van der Waals surface area contributed by atoms with Gasteiger partial charge in [-0.25, -0.2) is 15.0 Å². The van der Waals surface area contributed by atoms with Crippen molar-refractivity contribution in [3.63, 3.8) is 0 Å². The average molecular weight is 957 g/mol. The molecule has 0 fully saturated rings. The zero-order valence-corrected chi connectivity index (χ0v) is 40.6. The molecular weight excluding hydrogens is 913 g/mol. The standard InChI is InChI=1S/C69H44N6/c1-4-16-47(17-5-1)67-70-68(48-18-6-2-7-19-48)72-69(71-67)49-30-28-45(29-31-49)46-32-36-53(37-33-46)74-61-25-13-10-22-55(61)58-42-50(34-39-64(58)74)51-35-40-65-59(43-51)56-23-11-15-27-63(56)75(65)54-38-41-66-60(44-54)57-24-12-14-26-62(57)73(66)52-20-8-3-9-21-52/h1-44H. The van der Waals surface area contributed by atoms with E-state index in [0.29, 0.717) is 17.5 Å². The maximum atomic E-state index is 4.94. The Morgan fingerprint density at radius 3 is 0.947 bits per heavy atom. The van der Waals surface area contributed by atoms with Crippen LogP contribution < -0.4 is 0 Å². The summed E-state index contributed by atoms with van der Waals surface area (Å²) in [5.74, 6) is 1.94. The summed E-state index contributed by atoms with van der Waals surface area (Å²) in [6.45, 7) is 0. The zero-order chi connectivity index (χ0) is 49.4. The lowest BCUT2D eigenvalue weighted by Gasteiger charge is -2.11. The van der Waals surface area contributed by atoms with Crippen molar-refractivity contribution in [1.82, 2.24) is 28.7 Å². The van der Waals surface area contributed by atoms with E-state index in [1.54, 1.807) is 0 Å². The SMILES string of the molecule is c1ccc(-c2nc(-c3ccccc3)nc(-c3ccc(-c4ccc(-n5c6ccccc6c6cc(-c7ccc8c(c7)c7ccccc7n8-c7ccc8c(c7)c7ccccc7n8-c7ccccc7)ccc65)cc4)cc3)n2)cc1. The van der Waals surface area contributed by atoms with E-state index in [2.05, 4.69) is 220 Å². The van der Waals surface area contributed by atoms with Crippen LogP contribution in [0.2, 0.25) is 0 Å². The fourth-order valence-electron chi connectivity index (χ4n) is 11.4. The molecule has 350 valence electrons. The maximum Gasteiger partial charge on any atom is 0.164 e. The van der Waals surface area contributed by atoms with Gasteiger partial charge >= 0.3 is 0 Å². The second-order valence-electron chi connectivity index (χ2n) is 19.2. The highest BCUT2D eigenvalue weighted by Crippen LogP contribution is 2.41. The van der Waals surface area contributed by atoms with Crippen molar-refractivity contribution < 1.29 is 0 Å². The molecule has 0 radical (unpaired) electrons. The number of aromatic nitrogens is 6. The third-order valence-corrected chi connectivity index (χ3v) is 14.9. The van der Waals surface area contributed by atoms with Gasteiger partial charge in [0.2, 0.25) is 0 Å². The van der Waals surface area contributed by atoms with E-state index >= 15 is 0 Å². The first-order chi connectivity index (χ1) is 37.2. The highest BCUT2D eigenvalue weighted by atomic mass is 15.0. The molecular formula is C69H44N6. The minimum absolute atomic E-state index is 0.640. The van der Waals surface area contributed by atoms with Crippen molar-refractivity contribution in [1.29, 1.82) is 0 Å². The number of fused-ring (bicyclic) bond motifs is 9. The molecule has 0 unspecified atom stereocenters. The molecule has 75 heavy (non-hydrogen) atoms. The second kappa shape index (κ2) is 17.3. The van der Waals surface area contributed by atoms with Crippen LogP contribution in [0.15, 0.2) is 267 Å². The van der Waals surface area contributed by atoms with Gasteiger partial charge in [-0.15, -0.1) is 0 Å². The molecule has 4 heterocycles. The van der Waals surface area contributed by atoms with E-state index in [1.807, 2.05) is 60.7 Å². The van der Waals surface area contributed by atoms with Crippen molar-refractivity contribution in [3.05, 3.63) is 267 Å². The molecule has 0 saturated carbocycles. The van der Waals surface area contributed by atoms with E-state index in [-0.39, 0.29) is 0 Å². The van der Waals surface area contributed by atoms with Gasteiger partial charge in [0.1, 0.15) is 0 Å². The molecule has 11 aromatic carbocycles. The normalized spacial score (nSPS) is 11.7. The number of rotatable bonds is 8. The number of hydrogen-bond acceptors (Lipinski definition) is 3. The Balaban J connectivity index is 0.768. The van der Waals surface area contributed by atoms with Crippen molar-refractivity contribution in [3.8, 4) is 73.5 Å². The van der Waals surface area contributed by atoms with Crippen LogP contribution in [0.1, 0.15) is 0 Å². The van der Waals surface area contributed by atoms with Crippen molar-refractivity contribution in [2.75, 3.05) is 0 Å². The van der Waals surface area contributed by atoms with Gasteiger partial charge in [-0.05, 0) is 107 Å². The summed E-state index contributed by atoms with van der Waals surface area (Å²) in [6.07, 6.45) is 0. The topological polar surface area (TPSA) is 53.5 Å². The van der Waals surface area contributed by atoms with Crippen LogP contribution in [-0.2, 0) is 0 Å². The predicted molar refractivity (Wildman–Crippen MR) is 310 cm³/mol. The number of benzene rings is 11. The molecule has 15 aromatic rings. The number of hydrogen-bond donors (Lipinski definition) is 0. The van der Waals surface area contributed by atoms with Crippen LogP contribution in [0.5, 0.6) is 0 Å². The van der Waals surface area contributed by atoms with Gasteiger partial charge in [0, 0.05) is 66.1 Å². The van der Waals surface area contributed by atoms with Crippen molar-refractivity contribution >= 4 is 65.4 Å². The van der Waals surface area contributed by atoms with Gasteiger partial charge in [-0.3, -0.25) is 0 Å². The van der Waals surface area contributed by atoms with E-state index < -0.39 is 0 Å². The van der Waals surface area contributed by atoms with Crippen LogP contribution in [0.25, 0.3) is 139 Å². The van der Waals surface area contributed by atoms with Crippen LogP contribution in [-0.4, -0.2) is 28.7 Å². The number of para-hydroxylation sites is 4. The second-order valence-corrected chi connectivity index (χ2v) is 19.2. The smallest absolute Gasteiger partial charge is 0.164 e. The van der Waals surface area contributed by atoms with E-state index in [9.17, 15) is 0 Å². The molecule has 0 N–H and O–H groups in total. The summed E-state index contributed by atoms with van der Waals surface area (Å²) in [5.41, 5.74) is 18.0. The molecule has 6 nitrogen and oxygen atoms in total. The van der Waals surface area contributed by atoms with Gasteiger partial charge in [0.25, 0.3) is 0 Å². The van der Waals surface area contributed by atoms with Gasteiger partial charge < -0.3 is 13.7 Å². The molecule has 0 saturated heterocycles. The zero-order valence-electron chi connectivity index (χ0n) is 40.6. The lowest BCUT2D eigenvalue weighted by Crippen LogP contribution is -2.00. The third kappa shape index (κ3) is 7.07. The molecule has 0 spiro atoms. The minimum atomic E-state index is 0.640. The van der Waals surface area contributed by atoms with Gasteiger partial charge in [0.15, 0.2) is 17.5 Å². The summed E-state index contributed by atoms with van der Waals surface area (Å²) < 4.78 is 7.20. The first-order valence-electron chi connectivity index (χ1n) is 25.4. The van der Waals surface area contributed by atoms with Crippen LogP contribution >= 0.6 is 0 Å². The first kappa shape index (κ1) is 42.5. The van der Waals surface area contributed by atoms with Crippen LogP contribution in [0.3, 0.4) is 0 Å². The Morgan fingerprint density at radius 2 is 0.480 bits per heavy atom. The van der Waals surface area contributed by atoms with Gasteiger partial charge in [-0.1, -0.05) is 182 Å².